The first kappa shape index (κ1) is 17.5. The Balaban J connectivity index is 1.45. The Labute approximate surface area is 149 Å². The predicted octanol–water partition coefficient (Wildman–Crippen LogP) is 3.47. The fraction of sp³-hybridized carbons (Fsp3) is 0.500. The molecule has 0 spiro atoms. The first-order valence-electron chi connectivity index (χ1n) is 9.25. The summed E-state index contributed by atoms with van der Waals surface area (Å²) in [6.45, 7) is 4.36. The zero-order valence-electron chi connectivity index (χ0n) is 14.9. The number of hydrogen-bond donors (Lipinski definition) is 0. The van der Waals surface area contributed by atoms with Crippen molar-refractivity contribution in [1.82, 2.24) is 14.5 Å². The van der Waals surface area contributed by atoms with Gasteiger partial charge in [0.05, 0.1) is 12.6 Å². The van der Waals surface area contributed by atoms with Crippen molar-refractivity contribution >= 4 is 5.91 Å². The van der Waals surface area contributed by atoms with Gasteiger partial charge < -0.3 is 14.2 Å². The highest BCUT2D eigenvalue weighted by molar-refractivity contribution is 5.76. The molecular weight excluding hydrogens is 314 g/mol. The van der Waals surface area contributed by atoms with Crippen LogP contribution in [0, 0.1) is 0 Å². The number of carbonyl (C=O) groups excluding carboxylic acids is 1. The molecule has 0 radical (unpaired) electrons. The van der Waals surface area contributed by atoms with Gasteiger partial charge in [-0.1, -0.05) is 25.1 Å². The maximum atomic E-state index is 12.5. The number of carbonyl (C=O) groups is 1. The molecule has 2 heterocycles. The Morgan fingerprint density at radius 2 is 2.16 bits per heavy atom. The molecule has 0 N–H and O–H groups in total. The Morgan fingerprint density at radius 1 is 1.32 bits per heavy atom. The number of likely N-dealkylation sites (tertiary alicyclic amines) is 1. The van der Waals surface area contributed by atoms with Gasteiger partial charge in [0.2, 0.25) is 5.91 Å². The molecule has 1 aromatic heterocycles. The van der Waals surface area contributed by atoms with Crippen molar-refractivity contribution in [3.63, 3.8) is 0 Å². The first-order chi connectivity index (χ1) is 12.3. The van der Waals surface area contributed by atoms with E-state index in [1.54, 1.807) is 0 Å². The van der Waals surface area contributed by atoms with Crippen LogP contribution in [0.1, 0.15) is 44.5 Å². The van der Waals surface area contributed by atoms with Crippen LogP contribution < -0.4 is 4.74 Å². The summed E-state index contributed by atoms with van der Waals surface area (Å²) >= 11 is 0. The quantitative estimate of drug-likeness (QED) is 0.725. The van der Waals surface area contributed by atoms with E-state index in [2.05, 4.69) is 16.5 Å². The van der Waals surface area contributed by atoms with E-state index in [0.717, 1.165) is 50.3 Å². The van der Waals surface area contributed by atoms with Crippen LogP contribution in [0.15, 0.2) is 42.7 Å². The van der Waals surface area contributed by atoms with Crippen LogP contribution >= 0.6 is 0 Å². The lowest BCUT2D eigenvalue weighted by atomic mass is 10.0. The van der Waals surface area contributed by atoms with E-state index < -0.39 is 0 Å². The monoisotopic (exact) mass is 341 g/mol. The standard InChI is InChI=1S/C20H27N3O2/c1-2-19-21-12-14-23(19)17-8-6-13-22(16-17)20(24)11-7-15-25-18-9-4-3-5-10-18/h3-5,9-10,12,14,17H,2,6-8,11,13,15-16H2,1H3/t17-/m1/s1. The summed E-state index contributed by atoms with van der Waals surface area (Å²) < 4.78 is 7.92. The van der Waals surface area contributed by atoms with Gasteiger partial charge in [0.1, 0.15) is 11.6 Å². The zero-order valence-corrected chi connectivity index (χ0v) is 14.9. The predicted molar refractivity (Wildman–Crippen MR) is 97.6 cm³/mol. The van der Waals surface area contributed by atoms with E-state index >= 15 is 0 Å². The Kier molecular flexibility index (Phi) is 6.09. The van der Waals surface area contributed by atoms with Crippen molar-refractivity contribution in [2.45, 2.75) is 45.1 Å². The summed E-state index contributed by atoms with van der Waals surface area (Å²) in [6, 6.07) is 10.1. The van der Waals surface area contributed by atoms with E-state index in [0.29, 0.717) is 19.1 Å². The van der Waals surface area contributed by atoms with Crippen molar-refractivity contribution in [2.75, 3.05) is 19.7 Å². The maximum Gasteiger partial charge on any atom is 0.222 e. The molecular formula is C20H27N3O2. The van der Waals surface area contributed by atoms with E-state index in [4.69, 9.17) is 4.74 Å². The summed E-state index contributed by atoms with van der Waals surface area (Å²) in [6.07, 6.45) is 8.30. The third-order valence-corrected chi connectivity index (χ3v) is 4.75. The molecule has 0 aliphatic carbocycles. The lowest BCUT2D eigenvalue weighted by molar-refractivity contribution is -0.133. The topological polar surface area (TPSA) is 47.4 Å². The van der Waals surface area contributed by atoms with Crippen molar-refractivity contribution in [1.29, 1.82) is 0 Å². The molecule has 0 saturated carbocycles. The van der Waals surface area contributed by atoms with E-state index in [9.17, 15) is 4.79 Å². The lowest BCUT2D eigenvalue weighted by Crippen LogP contribution is -2.40. The van der Waals surface area contributed by atoms with Gasteiger partial charge >= 0.3 is 0 Å². The largest absolute Gasteiger partial charge is 0.494 e. The third-order valence-electron chi connectivity index (χ3n) is 4.75. The molecule has 1 amide bonds. The Morgan fingerprint density at radius 3 is 2.96 bits per heavy atom. The number of benzene rings is 1. The Hall–Kier alpha value is -2.30. The molecule has 1 aromatic carbocycles. The number of aryl methyl sites for hydroxylation is 1. The van der Waals surface area contributed by atoms with Gasteiger partial charge in [-0.2, -0.15) is 0 Å². The number of ether oxygens (including phenoxy) is 1. The molecule has 0 bridgehead atoms. The van der Waals surface area contributed by atoms with Gasteiger partial charge in [0.15, 0.2) is 0 Å². The average Bonchev–Trinajstić information content (AvgIpc) is 3.15. The van der Waals surface area contributed by atoms with Gasteiger partial charge in [-0.05, 0) is 31.4 Å². The Bertz CT molecular complexity index is 669. The number of nitrogens with zero attached hydrogens (tertiary/aromatic N) is 3. The highest BCUT2D eigenvalue weighted by Crippen LogP contribution is 2.23. The smallest absolute Gasteiger partial charge is 0.222 e. The number of imidazole rings is 1. The molecule has 0 unspecified atom stereocenters. The van der Waals surface area contributed by atoms with Crippen LogP contribution in [0.2, 0.25) is 0 Å². The van der Waals surface area contributed by atoms with Gasteiger partial charge in [-0.3, -0.25) is 4.79 Å². The summed E-state index contributed by atoms with van der Waals surface area (Å²) in [4.78, 5) is 18.9. The average molecular weight is 341 g/mol. The normalized spacial score (nSPS) is 17.5. The number of para-hydroxylation sites is 1. The second-order valence-electron chi connectivity index (χ2n) is 6.51. The fourth-order valence-corrected chi connectivity index (χ4v) is 3.45. The zero-order chi connectivity index (χ0) is 17.5. The van der Waals surface area contributed by atoms with Crippen molar-refractivity contribution in [2.24, 2.45) is 0 Å². The second kappa shape index (κ2) is 8.70. The minimum atomic E-state index is 0.236. The summed E-state index contributed by atoms with van der Waals surface area (Å²) in [5.41, 5.74) is 0. The molecule has 1 aliphatic rings. The number of amides is 1. The van der Waals surface area contributed by atoms with Gasteiger partial charge in [-0.15, -0.1) is 0 Å². The highest BCUT2D eigenvalue weighted by Gasteiger charge is 2.25. The number of rotatable bonds is 7. The minimum Gasteiger partial charge on any atom is -0.494 e. The second-order valence-corrected chi connectivity index (χ2v) is 6.51. The summed E-state index contributed by atoms with van der Waals surface area (Å²) in [7, 11) is 0. The van der Waals surface area contributed by atoms with Gasteiger partial charge in [-0.25, -0.2) is 4.98 Å². The molecule has 3 rings (SSSR count). The summed E-state index contributed by atoms with van der Waals surface area (Å²) in [5.74, 6) is 2.20. The molecule has 25 heavy (non-hydrogen) atoms. The van der Waals surface area contributed by atoms with Crippen molar-refractivity contribution < 1.29 is 9.53 Å². The van der Waals surface area contributed by atoms with Crippen LogP contribution in [0.5, 0.6) is 5.75 Å². The van der Waals surface area contributed by atoms with Crippen LogP contribution in [-0.4, -0.2) is 40.1 Å². The third kappa shape index (κ3) is 4.62. The number of aromatic nitrogens is 2. The summed E-state index contributed by atoms with van der Waals surface area (Å²) in [5, 5.41) is 0. The van der Waals surface area contributed by atoms with Crippen molar-refractivity contribution in [3.8, 4) is 5.75 Å². The fourth-order valence-electron chi connectivity index (χ4n) is 3.45. The van der Waals surface area contributed by atoms with Crippen LogP contribution in [-0.2, 0) is 11.2 Å². The molecule has 1 saturated heterocycles. The SMILES string of the molecule is CCc1nccn1[C@@H]1CCCN(C(=O)CCCOc2ccccc2)C1. The highest BCUT2D eigenvalue weighted by atomic mass is 16.5. The molecule has 1 atom stereocenters. The maximum absolute atomic E-state index is 12.5. The van der Waals surface area contributed by atoms with Gasteiger partial charge in [0, 0.05) is 38.3 Å². The van der Waals surface area contributed by atoms with Crippen LogP contribution in [0.25, 0.3) is 0 Å². The molecule has 2 aromatic rings. The lowest BCUT2D eigenvalue weighted by Gasteiger charge is -2.34. The minimum absolute atomic E-state index is 0.236. The molecule has 1 fully saturated rings. The molecule has 1 aliphatic heterocycles. The first-order valence-corrected chi connectivity index (χ1v) is 9.25. The number of piperidine rings is 1. The van der Waals surface area contributed by atoms with E-state index in [1.807, 2.05) is 47.6 Å². The van der Waals surface area contributed by atoms with E-state index in [1.165, 1.54) is 0 Å². The molecule has 5 nitrogen and oxygen atoms in total. The van der Waals surface area contributed by atoms with E-state index in [-0.39, 0.29) is 5.91 Å². The van der Waals surface area contributed by atoms with Crippen LogP contribution in [0.3, 0.4) is 0 Å². The molecule has 134 valence electrons. The number of hydrogen-bond acceptors (Lipinski definition) is 3. The van der Waals surface area contributed by atoms with Crippen LogP contribution in [0.4, 0.5) is 0 Å². The molecule has 5 heteroatoms. The van der Waals surface area contributed by atoms with Crippen molar-refractivity contribution in [3.05, 3.63) is 48.5 Å². The van der Waals surface area contributed by atoms with Gasteiger partial charge in [0.25, 0.3) is 0 Å².